The van der Waals surface area contributed by atoms with Gasteiger partial charge in [-0.15, -0.1) is 11.3 Å². The second-order valence-electron chi connectivity index (χ2n) is 8.48. The SMILES string of the molecule is Cc1ccc(OCc2nc(CC(=O)NCCOc3ccc(C(C)(C)C)cc3)cs2)cc1. The molecule has 0 radical (unpaired) electrons. The number of nitrogens with one attached hydrogen (secondary N) is 1. The van der Waals surface area contributed by atoms with Gasteiger partial charge in [-0.25, -0.2) is 4.98 Å². The molecule has 0 saturated carbocycles. The monoisotopic (exact) mass is 438 g/mol. The zero-order valence-electron chi connectivity index (χ0n) is 18.6. The smallest absolute Gasteiger partial charge is 0.226 e. The van der Waals surface area contributed by atoms with E-state index in [0.717, 1.165) is 22.2 Å². The fourth-order valence-electron chi connectivity index (χ4n) is 2.91. The summed E-state index contributed by atoms with van der Waals surface area (Å²) in [6.45, 7) is 9.86. The van der Waals surface area contributed by atoms with Crippen LogP contribution in [0, 0.1) is 6.92 Å². The molecule has 0 aliphatic carbocycles. The summed E-state index contributed by atoms with van der Waals surface area (Å²) in [5.74, 6) is 1.55. The molecule has 31 heavy (non-hydrogen) atoms. The van der Waals surface area contributed by atoms with Crippen molar-refractivity contribution >= 4 is 17.2 Å². The number of hydrogen-bond donors (Lipinski definition) is 1. The number of carbonyl (C=O) groups excluding carboxylic acids is 1. The molecule has 0 atom stereocenters. The summed E-state index contributed by atoms with van der Waals surface area (Å²) >= 11 is 1.50. The van der Waals surface area contributed by atoms with E-state index >= 15 is 0 Å². The van der Waals surface area contributed by atoms with E-state index in [0.29, 0.717) is 19.8 Å². The molecule has 2 aromatic carbocycles. The first-order valence-corrected chi connectivity index (χ1v) is 11.3. The normalized spacial score (nSPS) is 11.2. The van der Waals surface area contributed by atoms with Crippen molar-refractivity contribution in [2.75, 3.05) is 13.2 Å². The molecule has 0 saturated heterocycles. The van der Waals surface area contributed by atoms with Crippen LogP contribution in [-0.2, 0) is 23.2 Å². The van der Waals surface area contributed by atoms with Crippen LogP contribution in [0.5, 0.6) is 11.5 Å². The van der Waals surface area contributed by atoms with Crippen molar-refractivity contribution in [3.8, 4) is 11.5 Å². The fraction of sp³-hybridized carbons (Fsp3) is 0.360. The molecule has 0 spiro atoms. The predicted molar refractivity (Wildman–Crippen MR) is 125 cm³/mol. The van der Waals surface area contributed by atoms with Crippen molar-refractivity contribution in [3.63, 3.8) is 0 Å². The molecule has 5 nitrogen and oxygen atoms in total. The maximum Gasteiger partial charge on any atom is 0.226 e. The molecular formula is C25H30N2O3S. The van der Waals surface area contributed by atoms with Gasteiger partial charge in [0.2, 0.25) is 5.91 Å². The number of thiazole rings is 1. The van der Waals surface area contributed by atoms with Crippen LogP contribution in [0.2, 0.25) is 0 Å². The van der Waals surface area contributed by atoms with Gasteiger partial charge in [-0.05, 0) is 42.2 Å². The van der Waals surface area contributed by atoms with E-state index in [4.69, 9.17) is 9.47 Å². The molecule has 1 aromatic heterocycles. The first-order chi connectivity index (χ1) is 14.8. The number of aromatic nitrogens is 1. The average molecular weight is 439 g/mol. The van der Waals surface area contributed by atoms with Crippen LogP contribution in [0.4, 0.5) is 0 Å². The Hall–Kier alpha value is -2.86. The van der Waals surface area contributed by atoms with E-state index < -0.39 is 0 Å². The minimum Gasteiger partial charge on any atom is -0.492 e. The summed E-state index contributed by atoms with van der Waals surface area (Å²) in [6, 6.07) is 16.0. The quantitative estimate of drug-likeness (QED) is 0.474. The van der Waals surface area contributed by atoms with Gasteiger partial charge >= 0.3 is 0 Å². The Balaban J connectivity index is 1.35. The number of rotatable bonds is 9. The Kier molecular flexibility index (Phi) is 7.69. The lowest BCUT2D eigenvalue weighted by Gasteiger charge is -2.19. The van der Waals surface area contributed by atoms with Gasteiger partial charge in [0.15, 0.2) is 0 Å². The summed E-state index contributed by atoms with van der Waals surface area (Å²) < 4.78 is 11.5. The van der Waals surface area contributed by atoms with Crippen molar-refractivity contribution in [2.24, 2.45) is 0 Å². The standard InChI is InChI=1S/C25H30N2O3S/c1-18-5-9-22(10-6-18)30-16-24-27-20(17-31-24)15-23(28)26-13-14-29-21-11-7-19(8-12-21)25(2,3)4/h5-12,17H,13-16H2,1-4H3,(H,26,28). The first-order valence-electron chi connectivity index (χ1n) is 10.4. The molecule has 3 rings (SSSR count). The third-order valence-corrected chi connectivity index (χ3v) is 5.61. The Morgan fingerprint density at radius 3 is 2.32 bits per heavy atom. The Morgan fingerprint density at radius 1 is 1.00 bits per heavy atom. The van der Waals surface area contributed by atoms with Crippen LogP contribution < -0.4 is 14.8 Å². The number of hydrogen-bond acceptors (Lipinski definition) is 5. The van der Waals surface area contributed by atoms with E-state index in [1.807, 2.05) is 48.7 Å². The second-order valence-corrected chi connectivity index (χ2v) is 9.43. The van der Waals surface area contributed by atoms with E-state index in [-0.39, 0.29) is 17.7 Å². The molecule has 1 heterocycles. The lowest BCUT2D eigenvalue weighted by Crippen LogP contribution is -2.29. The lowest BCUT2D eigenvalue weighted by atomic mass is 9.87. The number of ether oxygens (including phenoxy) is 2. The van der Waals surface area contributed by atoms with Gasteiger partial charge < -0.3 is 14.8 Å². The summed E-state index contributed by atoms with van der Waals surface area (Å²) in [5.41, 5.74) is 3.33. The van der Waals surface area contributed by atoms with Gasteiger partial charge in [0.1, 0.15) is 29.7 Å². The van der Waals surface area contributed by atoms with E-state index in [1.54, 1.807) is 0 Å². The largest absolute Gasteiger partial charge is 0.492 e. The number of amides is 1. The van der Waals surface area contributed by atoms with E-state index in [2.05, 4.69) is 43.2 Å². The minimum atomic E-state index is -0.0667. The third-order valence-electron chi connectivity index (χ3n) is 4.74. The van der Waals surface area contributed by atoms with E-state index in [9.17, 15) is 4.79 Å². The molecule has 0 aliphatic rings. The molecular weight excluding hydrogens is 408 g/mol. The molecule has 0 aliphatic heterocycles. The highest BCUT2D eigenvalue weighted by molar-refractivity contribution is 7.09. The topological polar surface area (TPSA) is 60.5 Å². The molecule has 0 fully saturated rings. The summed E-state index contributed by atoms with van der Waals surface area (Å²) in [7, 11) is 0. The van der Waals surface area contributed by atoms with Crippen LogP contribution >= 0.6 is 11.3 Å². The molecule has 0 bridgehead atoms. The van der Waals surface area contributed by atoms with Crippen LogP contribution in [0.15, 0.2) is 53.9 Å². The minimum absolute atomic E-state index is 0.0667. The zero-order chi connectivity index (χ0) is 22.3. The fourth-order valence-corrected chi connectivity index (χ4v) is 3.62. The summed E-state index contributed by atoms with van der Waals surface area (Å²) in [5, 5.41) is 5.63. The van der Waals surface area contributed by atoms with Crippen molar-refractivity contribution < 1.29 is 14.3 Å². The van der Waals surface area contributed by atoms with Crippen molar-refractivity contribution in [1.82, 2.24) is 10.3 Å². The number of nitrogens with zero attached hydrogens (tertiary/aromatic N) is 1. The summed E-state index contributed by atoms with van der Waals surface area (Å²) in [6.07, 6.45) is 0.251. The van der Waals surface area contributed by atoms with Gasteiger partial charge in [-0.3, -0.25) is 4.79 Å². The van der Waals surface area contributed by atoms with Crippen LogP contribution in [0.25, 0.3) is 0 Å². The Labute approximate surface area is 188 Å². The number of carbonyl (C=O) groups is 1. The molecule has 1 N–H and O–H groups in total. The highest BCUT2D eigenvalue weighted by atomic mass is 32.1. The second kappa shape index (κ2) is 10.4. The van der Waals surface area contributed by atoms with Gasteiger partial charge in [0, 0.05) is 5.38 Å². The molecule has 3 aromatic rings. The van der Waals surface area contributed by atoms with Crippen LogP contribution in [0.3, 0.4) is 0 Å². The average Bonchev–Trinajstić information content (AvgIpc) is 3.18. The Bertz CT molecular complexity index is 973. The maximum absolute atomic E-state index is 12.2. The number of aryl methyl sites for hydroxylation is 1. The maximum atomic E-state index is 12.2. The molecule has 6 heteroatoms. The van der Waals surface area contributed by atoms with Gasteiger partial charge in [0.05, 0.1) is 18.7 Å². The van der Waals surface area contributed by atoms with Crippen LogP contribution in [0.1, 0.15) is 42.6 Å². The van der Waals surface area contributed by atoms with Crippen molar-refractivity contribution in [3.05, 3.63) is 75.7 Å². The first kappa shape index (κ1) is 22.8. The van der Waals surface area contributed by atoms with Gasteiger partial charge in [0.25, 0.3) is 0 Å². The summed E-state index contributed by atoms with van der Waals surface area (Å²) in [4.78, 5) is 16.7. The zero-order valence-corrected chi connectivity index (χ0v) is 19.4. The molecule has 0 unspecified atom stereocenters. The van der Waals surface area contributed by atoms with Crippen LogP contribution in [-0.4, -0.2) is 24.0 Å². The predicted octanol–water partition coefficient (Wildman–Crippen LogP) is 5.07. The van der Waals surface area contributed by atoms with Crippen molar-refractivity contribution in [2.45, 2.75) is 46.1 Å². The molecule has 1 amide bonds. The Morgan fingerprint density at radius 2 is 1.65 bits per heavy atom. The van der Waals surface area contributed by atoms with Gasteiger partial charge in [-0.1, -0.05) is 50.6 Å². The molecule has 164 valence electrons. The van der Waals surface area contributed by atoms with Gasteiger partial charge in [-0.2, -0.15) is 0 Å². The highest BCUT2D eigenvalue weighted by Gasteiger charge is 2.13. The highest BCUT2D eigenvalue weighted by Crippen LogP contribution is 2.24. The number of benzene rings is 2. The lowest BCUT2D eigenvalue weighted by molar-refractivity contribution is -0.120. The van der Waals surface area contributed by atoms with E-state index in [1.165, 1.54) is 22.5 Å². The van der Waals surface area contributed by atoms with Crippen molar-refractivity contribution in [1.29, 1.82) is 0 Å². The third kappa shape index (κ3) is 7.40.